The van der Waals surface area contributed by atoms with E-state index in [9.17, 15) is 4.79 Å². The summed E-state index contributed by atoms with van der Waals surface area (Å²) in [5.74, 6) is 0. The Morgan fingerprint density at radius 1 is 0.879 bits per heavy atom. The minimum atomic E-state index is -0.142. The molecule has 0 amide bonds. The Bertz CT molecular complexity index is 1510. The van der Waals surface area contributed by atoms with E-state index in [4.69, 9.17) is 34.8 Å². The summed E-state index contributed by atoms with van der Waals surface area (Å²) < 4.78 is 2.03. The molecule has 5 rings (SSSR count). The molecule has 0 unspecified atom stereocenters. The zero-order valence-electron chi connectivity index (χ0n) is 17.9. The van der Waals surface area contributed by atoms with Gasteiger partial charge in [-0.3, -0.25) is 4.79 Å². The summed E-state index contributed by atoms with van der Waals surface area (Å²) >= 11 is 19.8. The molecule has 0 saturated carbocycles. The zero-order chi connectivity index (χ0) is 23.1. The first-order valence-electron chi connectivity index (χ1n) is 10.7. The molecule has 164 valence electrons. The second kappa shape index (κ2) is 8.87. The molecule has 1 aliphatic carbocycles. The maximum atomic E-state index is 13.2. The van der Waals surface area contributed by atoms with Crippen LogP contribution in [0, 0.1) is 6.92 Å². The maximum Gasteiger partial charge on any atom is 0.190 e. The lowest BCUT2D eigenvalue weighted by molar-refractivity contribution is 1.02. The van der Waals surface area contributed by atoms with Crippen molar-refractivity contribution in [3.05, 3.63) is 115 Å². The minimum Gasteiger partial charge on any atom is -0.316 e. The van der Waals surface area contributed by atoms with Gasteiger partial charge >= 0.3 is 0 Å². The Kier molecular flexibility index (Phi) is 5.92. The summed E-state index contributed by atoms with van der Waals surface area (Å²) in [7, 11) is 0. The van der Waals surface area contributed by atoms with Crippen LogP contribution in [0.5, 0.6) is 0 Å². The van der Waals surface area contributed by atoms with Crippen molar-refractivity contribution in [2.45, 2.75) is 19.8 Å². The largest absolute Gasteiger partial charge is 0.316 e. The van der Waals surface area contributed by atoms with Crippen LogP contribution >= 0.6 is 34.8 Å². The van der Waals surface area contributed by atoms with Gasteiger partial charge in [-0.05, 0) is 60.7 Å². The van der Waals surface area contributed by atoms with Gasteiger partial charge in [0, 0.05) is 28.4 Å². The van der Waals surface area contributed by atoms with Crippen molar-refractivity contribution in [3.8, 4) is 22.4 Å². The van der Waals surface area contributed by atoms with Gasteiger partial charge in [0.25, 0.3) is 0 Å². The Balaban J connectivity index is 1.95. The van der Waals surface area contributed by atoms with Crippen molar-refractivity contribution in [2.75, 3.05) is 0 Å². The number of pyridine rings is 2. The molecule has 2 aromatic heterocycles. The van der Waals surface area contributed by atoms with Gasteiger partial charge in [0.2, 0.25) is 0 Å². The van der Waals surface area contributed by atoms with E-state index in [0.717, 1.165) is 51.3 Å². The Labute approximate surface area is 207 Å². The van der Waals surface area contributed by atoms with Crippen LogP contribution in [0.4, 0.5) is 0 Å². The van der Waals surface area contributed by atoms with Crippen molar-refractivity contribution in [1.29, 1.82) is 0 Å². The zero-order valence-corrected chi connectivity index (χ0v) is 20.2. The average molecular weight is 493 g/mol. The third kappa shape index (κ3) is 3.93. The lowest BCUT2D eigenvalue weighted by Gasteiger charge is -2.19. The molecule has 0 N–H and O–H groups in total. The SMILES string of the molecule is Cc1ccccc1-c1cc(C2=C(Cl)CCC=C2)cc2c(-c3c(Cl)cccc3Cl)c(=O)ccn12. The number of aryl methyl sites for hydroxylation is 1. The molecule has 5 heteroatoms. The van der Waals surface area contributed by atoms with Crippen LogP contribution in [-0.4, -0.2) is 4.40 Å². The fourth-order valence-corrected chi connectivity index (χ4v) is 5.28. The second-order valence-electron chi connectivity index (χ2n) is 8.11. The predicted octanol–water partition coefficient (Wildman–Crippen LogP) is 8.55. The van der Waals surface area contributed by atoms with E-state index in [1.54, 1.807) is 24.3 Å². The molecule has 0 radical (unpaired) electrons. The number of aromatic nitrogens is 1. The van der Waals surface area contributed by atoms with Gasteiger partial charge < -0.3 is 4.40 Å². The highest BCUT2D eigenvalue weighted by molar-refractivity contribution is 6.39. The first-order valence-corrected chi connectivity index (χ1v) is 11.8. The van der Waals surface area contributed by atoms with Gasteiger partial charge in [0.1, 0.15) is 0 Å². The normalized spacial score (nSPS) is 13.7. The third-order valence-corrected chi connectivity index (χ3v) is 7.06. The minimum absolute atomic E-state index is 0.142. The number of rotatable bonds is 3. The molecule has 0 fully saturated rings. The Morgan fingerprint density at radius 3 is 2.36 bits per heavy atom. The first-order chi connectivity index (χ1) is 16.0. The molecule has 0 atom stereocenters. The number of fused-ring (bicyclic) bond motifs is 1. The molecular formula is C28H20Cl3NO. The van der Waals surface area contributed by atoms with Crippen molar-refractivity contribution >= 4 is 45.9 Å². The predicted molar refractivity (Wildman–Crippen MR) is 140 cm³/mol. The first kappa shape index (κ1) is 22.0. The highest BCUT2D eigenvalue weighted by Gasteiger charge is 2.19. The smallest absolute Gasteiger partial charge is 0.190 e. The van der Waals surface area contributed by atoms with E-state index in [-0.39, 0.29) is 5.43 Å². The van der Waals surface area contributed by atoms with E-state index < -0.39 is 0 Å². The van der Waals surface area contributed by atoms with Crippen LogP contribution < -0.4 is 5.43 Å². The number of hydrogen-bond donors (Lipinski definition) is 0. The molecule has 33 heavy (non-hydrogen) atoms. The molecule has 0 saturated heterocycles. The standard InChI is InChI=1S/C28H20Cl3NO/c1-17-7-2-3-8-19(17)24-15-18(20-9-4-5-10-21(20)29)16-25-28(26(33)13-14-32(24)25)27-22(30)11-6-12-23(27)31/h2-4,6-9,11-16H,5,10H2,1H3. The van der Waals surface area contributed by atoms with Gasteiger partial charge in [0.15, 0.2) is 5.43 Å². The average Bonchev–Trinajstić information content (AvgIpc) is 2.80. The van der Waals surface area contributed by atoms with E-state index >= 15 is 0 Å². The summed E-state index contributed by atoms with van der Waals surface area (Å²) in [4.78, 5) is 13.2. The number of benzene rings is 2. The fraction of sp³-hybridized carbons (Fsp3) is 0.107. The van der Waals surface area contributed by atoms with Gasteiger partial charge in [-0.15, -0.1) is 0 Å². The van der Waals surface area contributed by atoms with Crippen molar-refractivity contribution in [3.63, 3.8) is 0 Å². The Morgan fingerprint density at radius 2 is 1.64 bits per heavy atom. The van der Waals surface area contributed by atoms with Crippen LogP contribution in [0.15, 0.2) is 88.8 Å². The lowest BCUT2D eigenvalue weighted by atomic mass is 9.94. The summed E-state index contributed by atoms with van der Waals surface area (Å²) in [6, 6.07) is 19.2. The topological polar surface area (TPSA) is 21.5 Å². The molecule has 1 aliphatic rings. The molecule has 2 aromatic carbocycles. The van der Waals surface area contributed by atoms with Crippen molar-refractivity contribution in [2.24, 2.45) is 0 Å². The number of hydrogen-bond acceptors (Lipinski definition) is 1. The molecule has 0 bridgehead atoms. The van der Waals surface area contributed by atoms with Gasteiger partial charge in [-0.2, -0.15) is 0 Å². The van der Waals surface area contributed by atoms with E-state index in [2.05, 4.69) is 37.3 Å². The van der Waals surface area contributed by atoms with Gasteiger partial charge in [-0.25, -0.2) is 0 Å². The number of halogens is 3. The highest BCUT2D eigenvalue weighted by atomic mass is 35.5. The molecule has 2 nitrogen and oxygen atoms in total. The van der Waals surface area contributed by atoms with E-state index in [1.807, 2.05) is 28.8 Å². The van der Waals surface area contributed by atoms with Crippen LogP contribution in [0.25, 0.3) is 33.5 Å². The molecular weight excluding hydrogens is 473 g/mol. The van der Waals surface area contributed by atoms with E-state index in [0.29, 0.717) is 21.2 Å². The quantitative estimate of drug-likeness (QED) is 0.281. The molecule has 4 aromatic rings. The van der Waals surface area contributed by atoms with Crippen molar-refractivity contribution < 1.29 is 0 Å². The van der Waals surface area contributed by atoms with Crippen LogP contribution in [-0.2, 0) is 0 Å². The number of nitrogens with zero attached hydrogens (tertiary/aromatic N) is 1. The second-order valence-corrected chi connectivity index (χ2v) is 9.38. The van der Waals surface area contributed by atoms with Gasteiger partial charge in [0.05, 0.1) is 26.8 Å². The van der Waals surface area contributed by atoms with Crippen molar-refractivity contribution in [1.82, 2.24) is 4.40 Å². The molecule has 0 aliphatic heterocycles. The highest BCUT2D eigenvalue weighted by Crippen LogP contribution is 2.39. The summed E-state index contributed by atoms with van der Waals surface area (Å²) in [6.07, 6.45) is 7.71. The molecule has 2 heterocycles. The number of allylic oxidation sites excluding steroid dienone is 4. The van der Waals surface area contributed by atoms with Crippen LogP contribution in [0.3, 0.4) is 0 Å². The van der Waals surface area contributed by atoms with E-state index in [1.165, 1.54) is 0 Å². The van der Waals surface area contributed by atoms with Gasteiger partial charge in [-0.1, -0.05) is 77.3 Å². The summed E-state index contributed by atoms with van der Waals surface area (Å²) in [6.45, 7) is 2.08. The van der Waals surface area contributed by atoms with Crippen LogP contribution in [0.2, 0.25) is 10.0 Å². The summed E-state index contributed by atoms with van der Waals surface area (Å²) in [5.41, 5.74) is 6.67. The summed E-state index contributed by atoms with van der Waals surface area (Å²) in [5, 5.41) is 1.68. The van der Waals surface area contributed by atoms with Crippen LogP contribution in [0.1, 0.15) is 24.0 Å². The fourth-order valence-electron chi connectivity index (χ4n) is 4.41. The maximum absolute atomic E-state index is 13.2. The molecule has 0 spiro atoms. The third-order valence-electron chi connectivity index (χ3n) is 6.03. The monoisotopic (exact) mass is 491 g/mol. The Hall–Kier alpha value is -2.78. The lowest BCUT2D eigenvalue weighted by Crippen LogP contribution is -2.10.